The molecular weight excluding hydrogens is 432 g/mol. The summed E-state index contributed by atoms with van der Waals surface area (Å²) in [7, 11) is 0. The third-order valence-corrected chi connectivity index (χ3v) is 8.68. The second-order valence-corrected chi connectivity index (χ2v) is 10.8. The number of rotatable bonds is 3. The molecule has 4 heteroatoms. The molecule has 138 valence electrons. The maximum Gasteiger partial charge on any atom is 0.0845 e. The van der Waals surface area contributed by atoms with E-state index in [0.717, 1.165) is 32.1 Å². The molecule has 2 fully saturated rings. The number of ether oxygens (including phenoxy) is 1. The Morgan fingerprint density at radius 3 is 2.33 bits per heavy atom. The summed E-state index contributed by atoms with van der Waals surface area (Å²) in [5, 5.41) is 10.3. The third kappa shape index (κ3) is 4.96. The van der Waals surface area contributed by atoms with Gasteiger partial charge in [-0.1, -0.05) is 55.7 Å². The van der Waals surface area contributed by atoms with Crippen molar-refractivity contribution in [1.82, 2.24) is 0 Å². The highest BCUT2D eigenvalue weighted by Gasteiger charge is 2.41. The van der Waals surface area contributed by atoms with Crippen LogP contribution in [-0.4, -0.2) is 31.6 Å². The molecule has 1 saturated heterocycles. The quantitative estimate of drug-likeness (QED) is 0.416. The molecule has 1 saturated carbocycles. The van der Waals surface area contributed by atoms with E-state index in [4.69, 9.17) is 4.74 Å². The van der Waals surface area contributed by atoms with Crippen LogP contribution in [0.1, 0.15) is 66.7 Å². The summed E-state index contributed by atoms with van der Waals surface area (Å²) >= 11 is 7.39. The molecule has 0 aromatic rings. The average molecular weight is 464 g/mol. The fourth-order valence-corrected chi connectivity index (χ4v) is 4.79. The highest BCUT2D eigenvalue weighted by Crippen LogP contribution is 2.41. The van der Waals surface area contributed by atoms with Gasteiger partial charge in [0, 0.05) is 9.65 Å². The second-order valence-electron chi connectivity index (χ2n) is 8.59. The van der Waals surface area contributed by atoms with Crippen LogP contribution >= 0.6 is 31.9 Å². The van der Waals surface area contributed by atoms with E-state index in [-0.39, 0.29) is 16.0 Å². The predicted octanol–water partition coefficient (Wildman–Crippen LogP) is 5.91. The standard InChI is InChI=1S/C20H32Br2O2/c1-14(15-8-12-20(5,23)17(22)13-15)7-6-10-19(4)11-9-16(21)18(2,3)24-19/h6-7,10,15-17,23H,8-9,11-13H2,1-5H3/b10-6+,14-7+/t15-,16-,17-,19-,20+/m1/s1. The van der Waals surface area contributed by atoms with Crippen molar-refractivity contribution in [3.63, 3.8) is 0 Å². The number of alkyl halides is 2. The van der Waals surface area contributed by atoms with Gasteiger partial charge in [-0.25, -0.2) is 0 Å². The number of aliphatic hydroxyl groups is 1. The Kier molecular flexibility index (Phi) is 6.49. The van der Waals surface area contributed by atoms with E-state index in [9.17, 15) is 5.11 Å². The molecule has 2 nitrogen and oxygen atoms in total. The molecule has 1 N–H and O–H groups in total. The zero-order chi connectivity index (χ0) is 18.2. The molecule has 24 heavy (non-hydrogen) atoms. The molecular formula is C20H32Br2O2. The minimum Gasteiger partial charge on any atom is -0.389 e. The van der Waals surface area contributed by atoms with Crippen LogP contribution in [-0.2, 0) is 4.74 Å². The molecule has 0 amide bonds. The molecule has 0 unspecified atom stereocenters. The van der Waals surface area contributed by atoms with E-state index in [1.165, 1.54) is 5.57 Å². The summed E-state index contributed by atoms with van der Waals surface area (Å²) in [6, 6.07) is 0. The van der Waals surface area contributed by atoms with Crippen molar-refractivity contribution in [1.29, 1.82) is 0 Å². The molecule has 0 aromatic heterocycles. The van der Waals surface area contributed by atoms with Gasteiger partial charge in [-0.3, -0.25) is 0 Å². The van der Waals surface area contributed by atoms with Crippen LogP contribution < -0.4 is 0 Å². The van der Waals surface area contributed by atoms with Gasteiger partial charge in [-0.2, -0.15) is 0 Å². The average Bonchev–Trinajstić information content (AvgIpc) is 2.46. The summed E-state index contributed by atoms with van der Waals surface area (Å²) in [6.07, 6.45) is 11.7. The van der Waals surface area contributed by atoms with Crippen LogP contribution in [0.2, 0.25) is 0 Å². The van der Waals surface area contributed by atoms with Crippen LogP contribution in [0.25, 0.3) is 0 Å². The fourth-order valence-electron chi connectivity index (χ4n) is 3.79. The number of halogens is 2. The monoisotopic (exact) mass is 462 g/mol. The van der Waals surface area contributed by atoms with Gasteiger partial charge in [0.1, 0.15) is 0 Å². The zero-order valence-electron chi connectivity index (χ0n) is 15.6. The lowest BCUT2D eigenvalue weighted by Gasteiger charge is -2.45. The Morgan fingerprint density at radius 2 is 1.75 bits per heavy atom. The van der Waals surface area contributed by atoms with Crippen LogP contribution in [0.15, 0.2) is 23.8 Å². The molecule has 5 atom stereocenters. The third-order valence-electron chi connectivity index (χ3n) is 5.76. The summed E-state index contributed by atoms with van der Waals surface area (Å²) < 4.78 is 6.34. The Bertz CT molecular complexity index is 510. The van der Waals surface area contributed by atoms with Crippen LogP contribution in [0, 0.1) is 5.92 Å². The summed E-state index contributed by atoms with van der Waals surface area (Å²) in [5.41, 5.74) is 0.476. The van der Waals surface area contributed by atoms with E-state index >= 15 is 0 Å². The lowest BCUT2D eigenvalue weighted by molar-refractivity contribution is -0.134. The fraction of sp³-hybridized carbons (Fsp3) is 0.800. The molecule has 0 radical (unpaired) electrons. The van der Waals surface area contributed by atoms with Crippen molar-refractivity contribution in [3.05, 3.63) is 23.8 Å². The van der Waals surface area contributed by atoms with Crippen LogP contribution in [0.5, 0.6) is 0 Å². The predicted molar refractivity (Wildman–Crippen MR) is 109 cm³/mol. The first-order chi connectivity index (χ1) is 11.0. The van der Waals surface area contributed by atoms with E-state index in [1.807, 2.05) is 6.92 Å². The van der Waals surface area contributed by atoms with Crippen molar-refractivity contribution in [3.8, 4) is 0 Å². The lowest BCUT2D eigenvalue weighted by Crippen LogP contribution is -2.48. The van der Waals surface area contributed by atoms with E-state index in [0.29, 0.717) is 10.7 Å². The summed E-state index contributed by atoms with van der Waals surface area (Å²) in [4.78, 5) is 0.585. The molecule has 2 aliphatic rings. The normalized spacial score (nSPS) is 44.0. The lowest BCUT2D eigenvalue weighted by atomic mass is 9.77. The Hall–Kier alpha value is 0.360. The SMILES string of the molecule is C/C(=C\C=C\[C@]1(C)CC[C@@H](Br)C(C)(C)O1)[C@@H]1CC[C@](C)(O)[C@H](Br)C1. The number of hydrogen-bond donors (Lipinski definition) is 1. The molecule has 2 rings (SSSR count). The maximum atomic E-state index is 10.3. The molecule has 0 aromatic carbocycles. The first kappa shape index (κ1) is 20.7. The largest absolute Gasteiger partial charge is 0.389 e. The maximum absolute atomic E-state index is 10.3. The van der Waals surface area contributed by atoms with E-state index in [2.05, 4.69) is 77.8 Å². The zero-order valence-corrected chi connectivity index (χ0v) is 18.8. The van der Waals surface area contributed by atoms with Gasteiger partial charge >= 0.3 is 0 Å². The van der Waals surface area contributed by atoms with Crippen molar-refractivity contribution >= 4 is 31.9 Å². The van der Waals surface area contributed by atoms with Gasteiger partial charge in [0.15, 0.2) is 0 Å². The van der Waals surface area contributed by atoms with Gasteiger partial charge < -0.3 is 9.84 Å². The minimum atomic E-state index is -0.576. The highest BCUT2D eigenvalue weighted by molar-refractivity contribution is 9.09. The van der Waals surface area contributed by atoms with Gasteiger partial charge in [0.2, 0.25) is 0 Å². The van der Waals surface area contributed by atoms with Crippen molar-refractivity contribution in [2.45, 2.75) is 93.2 Å². The Balaban J connectivity index is 1.98. The van der Waals surface area contributed by atoms with Gasteiger partial charge in [-0.05, 0) is 72.6 Å². The van der Waals surface area contributed by atoms with E-state index in [1.54, 1.807) is 0 Å². The molecule has 1 heterocycles. The Labute approximate surface area is 164 Å². The van der Waals surface area contributed by atoms with Gasteiger partial charge in [0.25, 0.3) is 0 Å². The smallest absolute Gasteiger partial charge is 0.0845 e. The summed E-state index contributed by atoms with van der Waals surface area (Å²) in [5.74, 6) is 0.544. The van der Waals surface area contributed by atoms with Crippen LogP contribution in [0.4, 0.5) is 0 Å². The topological polar surface area (TPSA) is 29.5 Å². The molecule has 1 aliphatic carbocycles. The number of allylic oxidation sites excluding steroid dienone is 3. The van der Waals surface area contributed by atoms with Crippen molar-refractivity contribution in [2.75, 3.05) is 0 Å². The highest BCUT2D eigenvalue weighted by atomic mass is 79.9. The minimum absolute atomic E-state index is 0.145. The van der Waals surface area contributed by atoms with Gasteiger partial charge in [-0.15, -0.1) is 0 Å². The van der Waals surface area contributed by atoms with Gasteiger partial charge in [0.05, 0.1) is 16.8 Å². The molecule has 0 spiro atoms. The van der Waals surface area contributed by atoms with Crippen molar-refractivity contribution < 1.29 is 9.84 Å². The Morgan fingerprint density at radius 1 is 1.08 bits per heavy atom. The van der Waals surface area contributed by atoms with Crippen LogP contribution in [0.3, 0.4) is 0 Å². The molecule has 0 bridgehead atoms. The summed E-state index contributed by atoms with van der Waals surface area (Å²) in [6.45, 7) is 10.6. The van der Waals surface area contributed by atoms with Crippen molar-refractivity contribution in [2.24, 2.45) is 5.92 Å². The second kappa shape index (κ2) is 7.54. The van der Waals surface area contributed by atoms with E-state index < -0.39 is 5.60 Å². The number of hydrogen-bond acceptors (Lipinski definition) is 2. The first-order valence-electron chi connectivity index (χ1n) is 9.02. The first-order valence-corrected chi connectivity index (χ1v) is 10.8. The molecule has 1 aliphatic heterocycles.